The summed E-state index contributed by atoms with van der Waals surface area (Å²) in [6.07, 6.45) is 8.45. The third kappa shape index (κ3) is 5.05. The second kappa shape index (κ2) is 9.48. The standard InChI is InChI=1S/C24H18N6O3/c1-17-26-13-10-23(29(17)27-16-18-8-11-25-12-9-18)19-4-2-6-21(14-19)28-24(31)20-5-3-7-22(15-20)30(32)33/h2-16H,1H2,(H,28,31)/b27-16+. The average molecular weight is 438 g/mol. The molecular formula is C24H18N6O3. The maximum absolute atomic E-state index is 12.6. The van der Waals surface area contributed by atoms with E-state index in [9.17, 15) is 14.9 Å². The van der Waals surface area contributed by atoms with Gasteiger partial charge in [0.25, 0.3) is 11.6 Å². The number of amides is 1. The molecule has 9 heteroatoms. The van der Waals surface area contributed by atoms with Gasteiger partial charge in [-0.2, -0.15) is 5.10 Å². The number of non-ortho nitro benzene ring substituents is 1. The van der Waals surface area contributed by atoms with E-state index < -0.39 is 10.8 Å². The van der Waals surface area contributed by atoms with E-state index in [0.29, 0.717) is 17.2 Å². The molecule has 4 rings (SSSR count). The number of hydrazone groups is 1. The van der Waals surface area contributed by atoms with E-state index in [1.807, 2.05) is 18.2 Å². The van der Waals surface area contributed by atoms with Crippen molar-refractivity contribution in [2.24, 2.45) is 10.1 Å². The highest BCUT2D eigenvalue weighted by Crippen LogP contribution is 2.28. The molecule has 0 spiro atoms. The van der Waals surface area contributed by atoms with Crippen LogP contribution in [0, 0.1) is 10.1 Å². The van der Waals surface area contributed by atoms with Crippen LogP contribution in [0.2, 0.25) is 0 Å². The van der Waals surface area contributed by atoms with E-state index in [2.05, 4.69) is 27.0 Å². The molecule has 1 N–H and O–H groups in total. The Labute approximate surface area is 189 Å². The average Bonchev–Trinajstić information content (AvgIpc) is 2.84. The molecule has 0 unspecified atom stereocenters. The van der Waals surface area contributed by atoms with E-state index >= 15 is 0 Å². The number of benzene rings is 2. The Morgan fingerprint density at radius 1 is 1.12 bits per heavy atom. The smallest absolute Gasteiger partial charge is 0.270 e. The van der Waals surface area contributed by atoms with Crippen LogP contribution in [0.4, 0.5) is 11.4 Å². The van der Waals surface area contributed by atoms with Crippen molar-refractivity contribution >= 4 is 35.4 Å². The number of aromatic nitrogens is 1. The Morgan fingerprint density at radius 2 is 1.91 bits per heavy atom. The number of allylic oxidation sites excluding steroid dienone is 1. The summed E-state index contributed by atoms with van der Waals surface area (Å²) in [6, 6.07) is 16.4. The highest BCUT2D eigenvalue weighted by Gasteiger charge is 2.17. The molecule has 0 atom stereocenters. The van der Waals surface area contributed by atoms with Crippen LogP contribution in [-0.2, 0) is 0 Å². The summed E-state index contributed by atoms with van der Waals surface area (Å²) in [6.45, 7) is 3.95. The van der Waals surface area contributed by atoms with Crippen LogP contribution in [0.1, 0.15) is 21.5 Å². The SMILES string of the molecule is C=C1N=CC=C(c2cccc(NC(=O)c3cccc([N+](=O)[O-])c3)c2)N1/N=C/c1ccncc1. The van der Waals surface area contributed by atoms with Crippen molar-refractivity contribution in [1.29, 1.82) is 0 Å². The lowest BCUT2D eigenvalue weighted by molar-refractivity contribution is -0.384. The lowest BCUT2D eigenvalue weighted by Gasteiger charge is -2.24. The van der Waals surface area contributed by atoms with Crippen LogP contribution >= 0.6 is 0 Å². The van der Waals surface area contributed by atoms with Gasteiger partial charge in [-0.1, -0.05) is 24.8 Å². The molecule has 0 saturated carbocycles. The van der Waals surface area contributed by atoms with Gasteiger partial charge in [-0.05, 0) is 42.0 Å². The molecule has 0 aliphatic carbocycles. The van der Waals surface area contributed by atoms with Crippen molar-refractivity contribution in [2.75, 3.05) is 5.32 Å². The zero-order chi connectivity index (χ0) is 23.2. The van der Waals surface area contributed by atoms with E-state index in [0.717, 1.165) is 11.1 Å². The first-order valence-corrected chi connectivity index (χ1v) is 9.85. The van der Waals surface area contributed by atoms with Crippen LogP contribution in [0.15, 0.2) is 102 Å². The predicted octanol–water partition coefficient (Wildman–Crippen LogP) is 4.47. The van der Waals surface area contributed by atoms with Gasteiger partial charge in [0.15, 0.2) is 0 Å². The molecule has 0 radical (unpaired) electrons. The molecule has 9 nitrogen and oxygen atoms in total. The minimum atomic E-state index is -0.539. The summed E-state index contributed by atoms with van der Waals surface area (Å²) in [5.41, 5.74) is 2.92. The molecule has 1 aromatic heterocycles. The monoisotopic (exact) mass is 438 g/mol. The van der Waals surface area contributed by atoms with Crippen molar-refractivity contribution in [3.05, 3.63) is 118 Å². The van der Waals surface area contributed by atoms with Gasteiger partial charge in [-0.3, -0.25) is 19.9 Å². The number of pyridine rings is 1. The fourth-order valence-corrected chi connectivity index (χ4v) is 3.10. The number of aliphatic imine (C=N–C) groups is 1. The van der Waals surface area contributed by atoms with Crippen molar-refractivity contribution < 1.29 is 9.72 Å². The van der Waals surface area contributed by atoms with Crippen LogP contribution in [0.25, 0.3) is 5.70 Å². The lowest BCUT2D eigenvalue weighted by atomic mass is 10.1. The van der Waals surface area contributed by atoms with E-state index in [1.165, 1.54) is 24.3 Å². The van der Waals surface area contributed by atoms with Crippen LogP contribution < -0.4 is 5.32 Å². The third-order valence-electron chi connectivity index (χ3n) is 4.69. The van der Waals surface area contributed by atoms with Crippen LogP contribution in [0.5, 0.6) is 0 Å². The van der Waals surface area contributed by atoms with Gasteiger partial charge < -0.3 is 5.32 Å². The maximum Gasteiger partial charge on any atom is 0.270 e. The first-order valence-electron chi connectivity index (χ1n) is 9.85. The van der Waals surface area contributed by atoms with E-state index in [1.54, 1.807) is 54.1 Å². The quantitative estimate of drug-likeness (QED) is 0.346. The summed E-state index contributed by atoms with van der Waals surface area (Å²) in [7, 11) is 0. The molecule has 2 heterocycles. The summed E-state index contributed by atoms with van der Waals surface area (Å²) in [5.74, 6) is -0.0177. The molecule has 2 aromatic carbocycles. The Hall–Kier alpha value is -4.92. The van der Waals surface area contributed by atoms with Crippen molar-refractivity contribution in [3.63, 3.8) is 0 Å². The van der Waals surface area contributed by atoms with Gasteiger partial charge in [-0.15, -0.1) is 0 Å². The number of hydrogen-bond acceptors (Lipinski definition) is 7. The molecular weight excluding hydrogens is 420 g/mol. The normalized spacial score (nSPS) is 13.2. The number of nitro benzene ring substituents is 1. The molecule has 33 heavy (non-hydrogen) atoms. The fourth-order valence-electron chi connectivity index (χ4n) is 3.10. The third-order valence-corrected chi connectivity index (χ3v) is 4.69. The van der Waals surface area contributed by atoms with Crippen LogP contribution in [0.3, 0.4) is 0 Å². The van der Waals surface area contributed by atoms with Crippen molar-refractivity contribution in [3.8, 4) is 0 Å². The Kier molecular flexibility index (Phi) is 6.12. The molecule has 3 aromatic rings. The number of carbonyl (C=O) groups excluding carboxylic acids is 1. The first kappa shape index (κ1) is 21.3. The van der Waals surface area contributed by atoms with Gasteiger partial charge in [0.1, 0.15) is 5.82 Å². The number of nitro groups is 1. The number of nitrogens with one attached hydrogen (secondary N) is 1. The topological polar surface area (TPSA) is 113 Å². The summed E-state index contributed by atoms with van der Waals surface area (Å²) in [5, 5.41) is 19.9. The fraction of sp³-hybridized carbons (Fsp3) is 0. The van der Waals surface area contributed by atoms with Gasteiger partial charge >= 0.3 is 0 Å². The first-order chi connectivity index (χ1) is 16.0. The molecule has 1 aliphatic rings. The van der Waals surface area contributed by atoms with Crippen LogP contribution in [-0.4, -0.2) is 33.3 Å². The molecule has 1 amide bonds. The number of nitrogens with zero attached hydrogens (tertiary/aromatic N) is 5. The highest BCUT2D eigenvalue weighted by atomic mass is 16.6. The Morgan fingerprint density at radius 3 is 2.70 bits per heavy atom. The second-order valence-corrected chi connectivity index (χ2v) is 6.93. The molecule has 162 valence electrons. The van der Waals surface area contributed by atoms with E-state index in [4.69, 9.17) is 0 Å². The van der Waals surface area contributed by atoms with E-state index in [-0.39, 0.29) is 11.3 Å². The molecule has 0 fully saturated rings. The number of carbonyl (C=O) groups is 1. The minimum absolute atomic E-state index is 0.149. The van der Waals surface area contributed by atoms with Gasteiger partial charge in [0, 0.05) is 47.6 Å². The number of anilines is 1. The van der Waals surface area contributed by atoms with Crippen molar-refractivity contribution in [2.45, 2.75) is 0 Å². The maximum atomic E-state index is 12.6. The van der Waals surface area contributed by atoms with Crippen molar-refractivity contribution in [1.82, 2.24) is 9.99 Å². The van der Waals surface area contributed by atoms with Gasteiger partial charge in [-0.25, -0.2) is 10.0 Å². The van der Waals surface area contributed by atoms with Gasteiger partial charge in [0.05, 0.1) is 16.8 Å². The Balaban J connectivity index is 1.57. The summed E-state index contributed by atoms with van der Waals surface area (Å²) >= 11 is 0. The summed E-state index contributed by atoms with van der Waals surface area (Å²) < 4.78 is 0. The highest BCUT2D eigenvalue weighted by molar-refractivity contribution is 6.05. The lowest BCUT2D eigenvalue weighted by Crippen LogP contribution is -2.17. The van der Waals surface area contributed by atoms with Gasteiger partial charge in [0.2, 0.25) is 0 Å². The Bertz CT molecular complexity index is 1310. The second-order valence-electron chi connectivity index (χ2n) is 6.93. The number of rotatable bonds is 6. The predicted molar refractivity (Wildman–Crippen MR) is 127 cm³/mol. The summed E-state index contributed by atoms with van der Waals surface area (Å²) in [4.78, 5) is 31.3. The molecule has 0 saturated heterocycles. The molecule has 1 aliphatic heterocycles. The largest absolute Gasteiger partial charge is 0.322 e. The zero-order valence-electron chi connectivity index (χ0n) is 17.3. The molecule has 0 bridgehead atoms. The number of hydrogen-bond donors (Lipinski definition) is 1. The zero-order valence-corrected chi connectivity index (χ0v) is 17.3. The minimum Gasteiger partial charge on any atom is -0.322 e.